The Hall–Kier alpha value is -2.42. The smallest absolute Gasteiger partial charge is 0.408 e. The van der Waals surface area contributed by atoms with E-state index in [4.69, 9.17) is 4.42 Å². The predicted octanol–water partition coefficient (Wildman–Crippen LogP) is 2.42. The Morgan fingerprint density at radius 3 is 2.66 bits per heavy atom. The number of piperazine rings is 1. The first kappa shape index (κ1) is 22.8. The normalized spacial score (nSPS) is 16.1. The van der Waals surface area contributed by atoms with Crippen molar-refractivity contribution < 1.29 is 12.8 Å². The first-order valence-electron chi connectivity index (χ1n) is 11.1. The summed E-state index contributed by atoms with van der Waals surface area (Å²) >= 11 is 0. The highest BCUT2D eigenvalue weighted by molar-refractivity contribution is 7.91. The van der Waals surface area contributed by atoms with Crippen LogP contribution >= 0.6 is 0 Å². The molecule has 1 aromatic heterocycles. The van der Waals surface area contributed by atoms with Crippen LogP contribution in [-0.2, 0) is 22.8 Å². The number of oxazole rings is 1. The molecule has 0 saturated carbocycles. The van der Waals surface area contributed by atoms with Gasteiger partial charge in [-0.25, -0.2) is 13.2 Å². The molecule has 2 aromatic carbocycles. The van der Waals surface area contributed by atoms with Gasteiger partial charge in [0, 0.05) is 26.2 Å². The molecule has 1 saturated heterocycles. The van der Waals surface area contributed by atoms with Crippen molar-refractivity contribution in [1.29, 1.82) is 0 Å². The minimum Gasteiger partial charge on any atom is -0.408 e. The van der Waals surface area contributed by atoms with Crippen molar-refractivity contribution in [3.8, 4) is 0 Å². The number of benzene rings is 2. The molecular formula is C24H30N3O4S. The predicted molar refractivity (Wildman–Crippen MR) is 125 cm³/mol. The van der Waals surface area contributed by atoms with Crippen molar-refractivity contribution in [3.05, 3.63) is 64.1 Å². The summed E-state index contributed by atoms with van der Waals surface area (Å²) in [5, 5.41) is 0. The van der Waals surface area contributed by atoms with E-state index in [1.807, 2.05) is 18.2 Å². The van der Waals surface area contributed by atoms with E-state index in [-0.39, 0.29) is 10.6 Å². The van der Waals surface area contributed by atoms with Gasteiger partial charge in [0.1, 0.15) is 0 Å². The lowest BCUT2D eigenvalue weighted by Gasteiger charge is -2.32. The minimum absolute atomic E-state index is 0.00564. The number of hydrogen-bond donors (Lipinski definition) is 0. The number of fused-ring (bicyclic) bond motifs is 1. The first-order valence-corrected chi connectivity index (χ1v) is 12.8. The summed E-state index contributed by atoms with van der Waals surface area (Å²) in [6.07, 6.45) is 1.90. The molecule has 1 aliphatic rings. The van der Waals surface area contributed by atoms with Gasteiger partial charge in [-0.15, -0.1) is 0 Å². The van der Waals surface area contributed by atoms with Crippen LogP contribution < -0.4 is 5.76 Å². The van der Waals surface area contributed by atoms with Crippen molar-refractivity contribution in [1.82, 2.24) is 14.4 Å². The molecule has 0 unspecified atom stereocenters. The van der Waals surface area contributed by atoms with Crippen LogP contribution in [0.3, 0.4) is 0 Å². The van der Waals surface area contributed by atoms with Crippen molar-refractivity contribution in [2.45, 2.75) is 31.2 Å². The van der Waals surface area contributed by atoms with Crippen LogP contribution in [0.25, 0.3) is 11.1 Å². The molecule has 1 fully saturated rings. The van der Waals surface area contributed by atoms with Gasteiger partial charge in [-0.2, -0.15) is 0 Å². The lowest BCUT2D eigenvalue weighted by atomic mass is 10.0. The zero-order chi connectivity index (χ0) is 22.7. The molecule has 0 atom stereocenters. The van der Waals surface area contributed by atoms with E-state index in [2.05, 4.69) is 22.9 Å². The van der Waals surface area contributed by atoms with E-state index in [1.165, 1.54) is 10.6 Å². The molecule has 4 rings (SSSR count). The number of likely N-dealkylation sites (N-methyl/N-ethyl adjacent to an activating group) is 1. The van der Waals surface area contributed by atoms with E-state index in [1.54, 1.807) is 19.1 Å². The number of aryl methyl sites for hydroxylation is 1. The largest absolute Gasteiger partial charge is 0.420 e. The Kier molecular flexibility index (Phi) is 6.83. The summed E-state index contributed by atoms with van der Waals surface area (Å²) in [5.74, 6) is -0.482. The summed E-state index contributed by atoms with van der Waals surface area (Å²) in [7, 11) is -1.22. The Morgan fingerprint density at radius 2 is 1.91 bits per heavy atom. The van der Waals surface area contributed by atoms with E-state index in [9.17, 15) is 13.2 Å². The van der Waals surface area contributed by atoms with Crippen LogP contribution in [-0.4, -0.2) is 68.3 Å². The first-order chi connectivity index (χ1) is 15.4. The topological polar surface area (TPSA) is 75.8 Å². The van der Waals surface area contributed by atoms with E-state index < -0.39 is 15.6 Å². The van der Waals surface area contributed by atoms with E-state index >= 15 is 0 Å². The van der Waals surface area contributed by atoms with Gasteiger partial charge in [0.2, 0.25) is 0 Å². The number of hydrogen-bond acceptors (Lipinski definition) is 6. The van der Waals surface area contributed by atoms with Gasteiger partial charge < -0.3 is 14.2 Å². The second-order valence-corrected chi connectivity index (χ2v) is 10.7. The Labute approximate surface area is 189 Å². The minimum atomic E-state index is -3.38. The molecule has 0 amide bonds. The molecule has 32 heavy (non-hydrogen) atoms. The molecule has 0 spiro atoms. The fourth-order valence-corrected chi connectivity index (χ4v) is 5.06. The molecule has 8 heteroatoms. The highest BCUT2D eigenvalue weighted by atomic mass is 32.2. The zero-order valence-electron chi connectivity index (χ0n) is 18.7. The summed E-state index contributed by atoms with van der Waals surface area (Å²) in [4.78, 5) is 17.6. The van der Waals surface area contributed by atoms with Gasteiger partial charge >= 0.3 is 5.76 Å². The number of sulfone groups is 1. The van der Waals surface area contributed by atoms with Gasteiger partial charge in [-0.05, 0) is 61.8 Å². The summed E-state index contributed by atoms with van der Waals surface area (Å²) < 4.78 is 31.5. The third-order valence-electron chi connectivity index (χ3n) is 6.24. The Bertz CT molecular complexity index is 1240. The standard InChI is InChI=1S/C24H30N3O4S/c1-3-32(29,30)21-10-11-23-22(17-21)27(24(28)31-23)18-20-8-5-4-7-19(20)9-6-12-26-15-13-25(2)14-16-26/h4-5,8,10-11,17H,3,6,9,12-16,18H2,1-2H3. The average Bonchev–Trinajstić information content (AvgIpc) is 3.10. The van der Waals surface area contributed by atoms with E-state index in [0.29, 0.717) is 17.6 Å². The van der Waals surface area contributed by atoms with Crippen molar-refractivity contribution in [3.63, 3.8) is 0 Å². The van der Waals surface area contributed by atoms with Gasteiger partial charge in [-0.3, -0.25) is 4.57 Å². The molecule has 1 aliphatic heterocycles. The summed E-state index contributed by atoms with van der Waals surface area (Å²) in [5.41, 5.74) is 2.97. The molecule has 0 bridgehead atoms. The van der Waals surface area contributed by atoms with Gasteiger partial charge in [0.25, 0.3) is 0 Å². The highest BCUT2D eigenvalue weighted by Crippen LogP contribution is 2.21. The Morgan fingerprint density at radius 1 is 1.12 bits per heavy atom. The zero-order valence-corrected chi connectivity index (χ0v) is 19.5. The fourth-order valence-electron chi connectivity index (χ4n) is 4.16. The van der Waals surface area contributed by atoms with Crippen LogP contribution in [0.5, 0.6) is 0 Å². The molecule has 2 heterocycles. The van der Waals surface area contributed by atoms with Crippen LogP contribution in [0.4, 0.5) is 0 Å². The average molecular weight is 457 g/mol. The quantitative estimate of drug-likeness (QED) is 0.518. The maximum absolute atomic E-state index is 12.6. The lowest BCUT2D eigenvalue weighted by molar-refractivity contribution is 0.153. The monoisotopic (exact) mass is 456 g/mol. The third-order valence-corrected chi connectivity index (χ3v) is 7.97. The Balaban J connectivity index is 1.54. The number of aromatic nitrogens is 1. The number of rotatable bonds is 8. The molecule has 0 N–H and O–H groups in total. The van der Waals surface area contributed by atoms with Crippen LogP contribution in [0.2, 0.25) is 0 Å². The summed E-state index contributed by atoms with van der Waals surface area (Å²) in [6, 6.07) is 13.7. The molecule has 1 radical (unpaired) electrons. The molecular weight excluding hydrogens is 426 g/mol. The third kappa shape index (κ3) is 4.98. The van der Waals surface area contributed by atoms with Crippen LogP contribution in [0, 0.1) is 6.07 Å². The SMILES string of the molecule is CCS(=O)(=O)c1ccc2oc(=O)n(Cc3ccc[c]c3CCCN3CCN(C)CC3)c2c1. The maximum atomic E-state index is 12.6. The highest BCUT2D eigenvalue weighted by Gasteiger charge is 2.18. The van der Waals surface area contributed by atoms with Crippen molar-refractivity contribution in [2.24, 2.45) is 0 Å². The van der Waals surface area contributed by atoms with Gasteiger partial charge in [-0.1, -0.05) is 25.1 Å². The molecule has 0 aliphatic carbocycles. The van der Waals surface area contributed by atoms with Crippen LogP contribution in [0.1, 0.15) is 24.5 Å². The van der Waals surface area contributed by atoms with E-state index in [0.717, 1.165) is 56.7 Å². The van der Waals surface area contributed by atoms with Gasteiger partial charge in [0.05, 0.1) is 22.7 Å². The molecule has 171 valence electrons. The maximum Gasteiger partial charge on any atom is 0.420 e. The van der Waals surface area contributed by atoms with Crippen LogP contribution in [0.15, 0.2) is 50.5 Å². The fraction of sp³-hybridized carbons (Fsp3) is 0.458. The molecule has 7 nitrogen and oxygen atoms in total. The van der Waals surface area contributed by atoms with Crippen molar-refractivity contribution in [2.75, 3.05) is 45.5 Å². The second-order valence-electron chi connectivity index (χ2n) is 8.41. The lowest BCUT2D eigenvalue weighted by Crippen LogP contribution is -2.44. The second kappa shape index (κ2) is 9.60. The molecule has 3 aromatic rings. The number of nitrogens with zero attached hydrogens (tertiary/aromatic N) is 3. The van der Waals surface area contributed by atoms with Gasteiger partial charge in [0.15, 0.2) is 15.4 Å². The summed E-state index contributed by atoms with van der Waals surface area (Å²) in [6.45, 7) is 7.38. The van der Waals surface area contributed by atoms with Crippen molar-refractivity contribution >= 4 is 20.9 Å².